The minimum Gasteiger partial charge on any atom is -0.385 e. The van der Waals surface area contributed by atoms with Crippen molar-refractivity contribution in [2.24, 2.45) is 0 Å². The van der Waals surface area contributed by atoms with E-state index in [0.29, 0.717) is 4.90 Å². The number of nitrogens with zero attached hydrogens (tertiary/aromatic N) is 1. The summed E-state index contributed by atoms with van der Waals surface area (Å²) in [6, 6.07) is 6.95. The first-order valence-corrected chi connectivity index (χ1v) is 8.71. The van der Waals surface area contributed by atoms with E-state index >= 15 is 0 Å². The molecular weight excluding hydrogens is 260 g/mol. The average molecular weight is 282 g/mol. The number of nitrogens with one attached hydrogen (secondary N) is 1. The summed E-state index contributed by atoms with van der Waals surface area (Å²) in [6.45, 7) is 4.55. The monoisotopic (exact) mass is 282 g/mol. The summed E-state index contributed by atoms with van der Waals surface area (Å²) in [7, 11) is -3.09. The van der Waals surface area contributed by atoms with E-state index in [2.05, 4.69) is 10.2 Å². The van der Waals surface area contributed by atoms with Gasteiger partial charge in [0, 0.05) is 18.5 Å². The maximum atomic E-state index is 11.3. The van der Waals surface area contributed by atoms with Crippen molar-refractivity contribution in [3.8, 4) is 0 Å². The number of likely N-dealkylation sites (tertiary alicyclic amines) is 1. The van der Waals surface area contributed by atoms with E-state index in [4.69, 9.17) is 0 Å². The number of hydrogen-bond acceptors (Lipinski definition) is 4. The Bertz CT molecular complexity index is 491. The molecule has 1 N–H and O–H groups in total. The van der Waals surface area contributed by atoms with E-state index in [9.17, 15) is 8.42 Å². The lowest BCUT2D eigenvalue weighted by Gasteiger charge is -2.14. The van der Waals surface area contributed by atoms with Crippen LogP contribution in [0.1, 0.15) is 19.3 Å². The smallest absolute Gasteiger partial charge is 0.175 e. The van der Waals surface area contributed by atoms with Crippen LogP contribution in [0.3, 0.4) is 0 Å². The molecule has 1 aromatic carbocycles. The topological polar surface area (TPSA) is 49.4 Å². The van der Waals surface area contributed by atoms with Gasteiger partial charge in [-0.3, -0.25) is 0 Å². The largest absolute Gasteiger partial charge is 0.385 e. The summed E-state index contributed by atoms with van der Waals surface area (Å²) in [5, 5.41) is 3.33. The van der Waals surface area contributed by atoms with E-state index in [1.807, 2.05) is 12.1 Å². The highest BCUT2D eigenvalue weighted by Crippen LogP contribution is 2.14. The summed E-state index contributed by atoms with van der Waals surface area (Å²) < 4.78 is 22.7. The third kappa shape index (κ3) is 4.51. The van der Waals surface area contributed by atoms with Crippen LogP contribution in [0.4, 0.5) is 5.69 Å². The minimum atomic E-state index is -3.09. The van der Waals surface area contributed by atoms with E-state index in [-0.39, 0.29) is 0 Å². The molecule has 0 radical (unpaired) electrons. The van der Waals surface area contributed by atoms with Gasteiger partial charge in [-0.05, 0) is 63.2 Å². The van der Waals surface area contributed by atoms with Crippen molar-refractivity contribution >= 4 is 15.5 Å². The van der Waals surface area contributed by atoms with Gasteiger partial charge in [0.25, 0.3) is 0 Å². The molecule has 4 nitrogen and oxygen atoms in total. The molecule has 2 rings (SSSR count). The Balaban J connectivity index is 1.74. The molecule has 0 aliphatic carbocycles. The van der Waals surface area contributed by atoms with Crippen LogP contribution in [0.15, 0.2) is 29.2 Å². The van der Waals surface area contributed by atoms with E-state index in [1.165, 1.54) is 32.2 Å². The van der Waals surface area contributed by atoms with E-state index < -0.39 is 9.84 Å². The van der Waals surface area contributed by atoms with E-state index in [1.54, 1.807) is 12.1 Å². The zero-order chi connectivity index (χ0) is 13.7. The second kappa shape index (κ2) is 6.39. The normalized spacial score (nSPS) is 16.7. The summed E-state index contributed by atoms with van der Waals surface area (Å²) in [4.78, 5) is 2.86. The molecule has 1 aliphatic rings. The van der Waals surface area contributed by atoms with Crippen LogP contribution < -0.4 is 5.32 Å². The fourth-order valence-electron chi connectivity index (χ4n) is 2.36. The Morgan fingerprint density at radius 1 is 1.16 bits per heavy atom. The lowest BCUT2D eigenvalue weighted by Crippen LogP contribution is -2.22. The standard InChI is InChI=1S/C14H22N2O2S/c1-19(17,18)14-7-5-13(6-8-14)15-9-4-12-16-10-2-3-11-16/h5-8,15H,2-4,9-12H2,1H3. The number of rotatable bonds is 6. The first kappa shape index (κ1) is 14.3. The van der Waals surface area contributed by atoms with Crippen molar-refractivity contribution in [1.29, 1.82) is 0 Å². The first-order chi connectivity index (χ1) is 9.05. The lowest BCUT2D eigenvalue weighted by molar-refractivity contribution is 0.337. The summed E-state index contributed by atoms with van der Waals surface area (Å²) in [5.41, 5.74) is 0.980. The Labute approximate surface area is 115 Å². The van der Waals surface area contributed by atoms with Gasteiger partial charge in [-0.2, -0.15) is 0 Å². The number of sulfone groups is 1. The van der Waals surface area contributed by atoms with Crippen molar-refractivity contribution in [3.05, 3.63) is 24.3 Å². The zero-order valence-electron chi connectivity index (χ0n) is 11.4. The van der Waals surface area contributed by atoms with Gasteiger partial charge in [0.15, 0.2) is 9.84 Å². The maximum absolute atomic E-state index is 11.3. The molecule has 0 saturated carbocycles. The highest BCUT2D eigenvalue weighted by molar-refractivity contribution is 7.90. The molecule has 0 atom stereocenters. The molecule has 0 unspecified atom stereocenters. The lowest BCUT2D eigenvalue weighted by atomic mass is 10.3. The Morgan fingerprint density at radius 2 is 1.79 bits per heavy atom. The number of benzene rings is 1. The summed E-state index contributed by atoms with van der Waals surface area (Å²) in [5.74, 6) is 0. The molecule has 5 heteroatoms. The first-order valence-electron chi connectivity index (χ1n) is 6.82. The molecule has 0 amide bonds. The summed E-state index contributed by atoms with van der Waals surface area (Å²) in [6.07, 6.45) is 5.01. The van der Waals surface area contributed by atoms with Crippen molar-refractivity contribution in [1.82, 2.24) is 4.90 Å². The van der Waals surface area contributed by atoms with Gasteiger partial charge in [-0.1, -0.05) is 0 Å². The van der Waals surface area contributed by atoms with Crippen molar-refractivity contribution in [2.45, 2.75) is 24.2 Å². The van der Waals surface area contributed by atoms with Gasteiger partial charge in [0.2, 0.25) is 0 Å². The minimum absolute atomic E-state index is 0.370. The van der Waals surface area contributed by atoms with Gasteiger partial charge in [-0.15, -0.1) is 0 Å². The molecule has 0 spiro atoms. The molecule has 1 saturated heterocycles. The maximum Gasteiger partial charge on any atom is 0.175 e. The Morgan fingerprint density at radius 3 is 2.37 bits per heavy atom. The predicted molar refractivity (Wildman–Crippen MR) is 78.3 cm³/mol. The number of hydrogen-bond donors (Lipinski definition) is 1. The predicted octanol–water partition coefficient (Wildman–Crippen LogP) is 1.99. The Hall–Kier alpha value is -1.07. The SMILES string of the molecule is CS(=O)(=O)c1ccc(NCCCN2CCCC2)cc1. The zero-order valence-corrected chi connectivity index (χ0v) is 12.2. The van der Waals surface area contributed by atoms with Gasteiger partial charge in [-0.25, -0.2) is 8.42 Å². The fraction of sp³-hybridized carbons (Fsp3) is 0.571. The van der Waals surface area contributed by atoms with Crippen molar-refractivity contribution < 1.29 is 8.42 Å². The third-order valence-electron chi connectivity index (χ3n) is 3.46. The quantitative estimate of drug-likeness (QED) is 0.811. The molecule has 0 aromatic heterocycles. The molecule has 106 valence electrons. The summed E-state index contributed by atoms with van der Waals surface area (Å²) >= 11 is 0. The van der Waals surface area contributed by atoms with Crippen LogP contribution in [-0.2, 0) is 9.84 Å². The van der Waals surface area contributed by atoms with Gasteiger partial charge < -0.3 is 10.2 Å². The van der Waals surface area contributed by atoms with E-state index in [0.717, 1.165) is 25.2 Å². The molecule has 1 aliphatic heterocycles. The second-order valence-electron chi connectivity index (χ2n) is 5.13. The van der Waals surface area contributed by atoms with Crippen LogP contribution >= 0.6 is 0 Å². The molecule has 0 bridgehead atoms. The Kier molecular flexibility index (Phi) is 4.82. The van der Waals surface area contributed by atoms with Crippen LogP contribution in [0.25, 0.3) is 0 Å². The van der Waals surface area contributed by atoms with Crippen LogP contribution in [0.2, 0.25) is 0 Å². The van der Waals surface area contributed by atoms with Crippen LogP contribution in [0.5, 0.6) is 0 Å². The van der Waals surface area contributed by atoms with Gasteiger partial charge in [0.1, 0.15) is 0 Å². The highest BCUT2D eigenvalue weighted by atomic mass is 32.2. The van der Waals surface area contributed by atoms with Crippen molar-refractivity contribution in [2.75, 3.05) is 37.8 Å². The average Bonchev–Trinajstić information content (AvgIpc) is 2.87. The van der Waals surface area contributed by atoms with Gasteiger partial charge >= 0.3 is 0 Å². The molecule has 1 heterocycles. The molecule has 1 fully saturated rings. The van der Waals surface area contributed by atoms with Crippen LogP contribution in [-0.4, -0.2) is 45.8 Å². The number of anilines is 1. The third-order valence-corrected chi connectivity index (χ3v) is 4.59. The molecular formula is C14H22N2O2S. The highest BCUT2D eigenvalue weighted by Gasteiger charge is 2.10. The second-order valence-corrected chi connectivity index (χ2v) is 7.14. The van der Waals surface area contributed by atoms with Crippen molar-refractivity contribution in [3.63, 3.8) is 0 Å². The molecule has 19 heavy (non-hydrogen) atoms. The van der Waals surface area contributed by atoms with Gasteiger partial charge in [0.05, 0.1) is 4.90 Å². The van der Waals surface area contributed by atoms with Crippen LogP contribution in [0, 0.1) is 0 Å². The molecule has 1 aromatic rings. The fourth-order valence-corrected chi connectivity index (χ4v) is 2.99.